The van der Waals surface area contributed by atoms with Gasteiger partial charge in [-0.25, -0.2) is 13.4 Å². The van der Waals surface area contributed by atoms with Crippen molar-refractivity contribution in [1.29, 1.82) is 0 Å². The van der Waals surface area contributed by atoms with Gasteiger partial charge in [0.25, 0.3) is 0 Å². The van der Waals surface area contributed by atoms with Crippen molar-refractivity contribution in [3.8, 4) is 0 Å². The Balaban J connectivity index is 2.23. The minimum atomic E-state index is -3.35. The molecule has 1 aliphatic rings. The van der Waals surface area contributed by atoms with Crippen LogP contribution in [0.3, 0.4) is 0 Å². The first kappa shape index (κ1) is 15.2. The number of sulfone groups is 1. The van der Waals surface area contributed by atoms with Crippen LogP contribution < -0.4 is 4.90 Å². The van der Waals surface area contributed by atoms with Crippen molar-refractivity contribution >= 4 is 15.7 Å². The van der Waals surface area contributed by atoms with Crippen molar-refractivity contribution in [3.05, 3.63) is 18.3 Å². The van der Waals surface area contributed by atoms with Crippen molar-refractivity contribution in [3.63, 3.8) is 0 Å². The van der Waals surface area contributed by atoms with E-state index in [9.17, 15) is 13.5 Å². The molecule has 1 saturated heterocycles. The topological polar surface area (TPSA) is 79.7 Å². The van der Waals surface area contributed by atoms with Gasteiger partial charge in [-0.1, -0.05) is 0 Å². The van der Waals surface area contributed by atoms with Gasteiger partial charge in [0.1, 0.15) is 10.7 Å². The number of aliphatic hydroxyl groups is 1. The molecule has 112 valence electrons. The van der Waals surface area contributed by atoms with E-state index in [0.717, 1.165) is 6.26 Å². The van der Waals surface area contributed by atoms with Crippen LogP contribution in [0.25, 0.3) is 0 Å². The number of pyridine rings is 1. The maximum atomic E-state index is 11.8. The third kappa shape index (κ3) is 3.47. The van der Waals surface area contributed by atoms with E-state index >= 15 is 0 Å². The minimum absolute atomic E-state index is 0.179. The van der Waals surface area contributed by atoms with Gasteiger partial charge in [-0.15, -0.1) is 0 Å². The van der Waals surface area contributed by atoms with E-state index in [0.29, 0.717) is 38.4 Å². The van der Waals surface area contributed by atoms with E-state index in [1.54, 1.807) is 24.2 Å². The molecule has 0 aliphatic carbocycles. The van der Waals surface area contributed by atoms with E-state index in [-0.39, 0.29) is 4.90 Å². The summed E-state index contributed by atoms with van der Waals surface area (Å²) in [5, 5.41) is 10.5. The summed E-state index contributed by atoms with van der Waals surface area (Å²) >= 11 is 0. The molecule has 1 aromatic rings. The molecule has 20 heavy (non-hydrogen) atoms. The number of ether oxygens (including phenoxy) is 1. The predicted molar refractivity (Wildman–Crippen MR) is 75.6 cm³/mol. The van der Waals surface area contributed by atoms with Crippen LogP contribution in [0.2, 0.25) is 0 Å². The molecule has 1 N–H and O–H groups in total. The lowest BCUT2D eigenvalue weighted by molar-refractivity contribution is -0.0573. The average Bonchev–Trinajstić information content (AvgIpc) is 2.38. The Morgan fingerprint density at radius 1 is 1.45 bits per heavy atom. The van der Waals surface area contributed by atoms with E-state index in [1.807, 2.05) is 0 Å². The first-order chi connectivity index (χ1) is 9.32. The van der Waals surface area contributed by atoms with Crippen LogP contribution in [-0.4, -0.2) is 57.2 Å². The molecule has 0 radical (unpaired) electrons. The van der Waals surface area contributed by atoms with Gasteiger partial charge < -0.3 is 14.7 Å². The Kier molecular flexibility index (Phi) is 4.31. The Morgan fingerprint density at radius 2 is 2.10 bits per heavy atom. The highest BCUT2D eigenvalue weighted by Gasteiger charge is 2.32. The lowest BCUT2D eigenvalue weighted by Crippen LogP contribution is -2.46. The lowest BCUT2D eigenvalue weighted by Gasteiger charge is -2.36. The zero-order valence-corrected chi connectivity index (χ0v) is 12.6. The van der Waals surface area contributed by atoms with Crippen molar-refractivity contribution < 1.29 is 18.3 Å². The molecule has 0 amide bonds. The standard InChI is InChI=1S/C13H20N2O4S/c1-15(10-13(16)5-8-19-9-6-13)12-11(20(2,17)18)4-3-7-14-12/h3-4,7,16H,5-6,8-10H2,1-2H3. The monoisotopic (exact) mass is 300 g/mol. The number of likely N-dealkylation sites (N-methyl/N-ethyl adjacent to an activating group) is 1. The van der Waals surface area contributed by atoms with Crippen LogP contribution in [0.5, 0.6) is 0 Å². The van der Waals surface area contributed by atoms with Gasteiger partial charge >= 0.3 is 0 Å². The number of nitrogens with zero attached hydrogens (tertiary/aromatic N) is 2. The van der Waals surface area contributed by atoms with E-state index in [1.165, 1.54) is 6.07 Å². The summed E-state index contributed by atoms with van der Waals surface area (Å²) < 4.78 is 28.8. The van der Waals surface area contributed by atoms with Gasteiger partial charge in [-0.3, -0.25) is 0 Å². The molecule has 0 spiro atoms. The number of hydrogen-bond acceptors (Lipinski definition) is 6. The summed E-state index contributed by atoms with van der Waals surface area (Å²) in [5.41, 5.74) is -0.862. The molecule has 0 saturated carbocycles. The maximum Gasteiger partial charge on any atom is 0.179 e. The molecule has 2 rings (SSSR count). The zero-order valence-electron chi connectivity index (χ0n) is 11.7. The number of aromatic nitrogens is 1. The molecule has 0 aromatic carbocycles. The second kappa shape index (κ2) is 5.67. The van der Waals surface area contributed by atoms with Crippen molar-refractivity contribution in [2.24, 2.45) is 0 Å². The van der Waals surface area contributed by atoms with Crippen LogP contribution in [-0.2, 0) is 14.6 Å². The van der Waals surface area contributed by atoms with Crippen LogP contribution in [0.15, 0.2) is 23.2 Å². The lowest BCUT2D eigenvalue weighted by atomic mass is 9.94. The van der Waals surface area contributed by atoms with Crippen molar-refractivity contribution in [2.45, 2.75) is 23.3 Å². The van der Waals surface area contributed by atoms with Gasteiger partial charge in [0.15, 0.2) is 9.84 Å². The van der Waals surface area contributed by atoms with Gasteiger partial charge in [0, 0.05) is 52.1 Å². The third-order valence-corrected chi connectivity index (χ3v) is 4.58. The summed E-state index contributed by atoms with van der Waals surface area (Å²) in [6.45, 7) is 1.37. The van der Waals surface area contributed by atoms with Crippen LogP contribution >= 0.6 is 0 Å². The smallest absolute Gasteiger partial charge is 0.179 e. The normalized spacial score (nSPS) is 18.8. The highest BCUT2D eigenvalue weighted by Crippen LogP contribution is 2.26. The van der Waals surface area contributed by atoms with Crippen LogP contribution in [0.1, 0.15) is 12.8 Å². The molecule has 7 heteroatoms. The quantitative estimate of drug-likeness (QED) is 0.870. The molecule has 2 heterocycles. The van der Waals surface area contributed by atoms with E-state index < -0.39 is 15.4 Å². The average molecular weight is 300 g/mol. The van der Waals surface area contributed by atoms with Crippen LogP contribution in [0, 0.1) is 0 Å². The Hall–Kier alpha value is -1.18. The SMILES string of the molecule is CN(CC1(O)CCOCC1)c1ncccc1S(C)(=O)=O. The summed E-state index contributed by atoms with van der Waals surface area (Å²) in [6.07, 6.45) is 3.79. The third-order valence-electron chi connectivity index (χ3n) is 3.47. The van der Waals surface area contributed by atoms with Crippen molar-refractivity contribution in [2.75, 3.05) is 38.0 Å². The Bertz CT molecular complexity index is 567. The second-order valence-electron chi connectivity index (χ2n) is 5.29. The Morgan fingerprint density at radius 3 is 2.70 bits per heavy atom. The van der Waals surface area contributed by atoms with Gasteiger partial charge in [0.2, 0.25) is 0 Å². The van der Waals surface area contributed by atoms with Gasteiger partial charge in [-0.2, -0.15) is 0 Å². The molecule has 0 atom stereocenters. The number of rotatable bonds is 4. The van der Waals surface area contributed by atoms with Crippen molar-refractivity contribution in [1.82, 2.24) is 4.98 Å². The summed E-state index contributed by atoms with van der Waals surface area (Å²) in [5.74, 6) is 0.370. The molecule has 1 aromatic heterocycles. The Labute approximate surface area is 119 Å². The summed E-state index contributed by atoms with van der Waals surface area (Å²) in [4.78, 5) is 6.02. The predicted octanol–water partition coefficient (Wildman–Crippen LogP) is 0.463. The zero-order chi connectivity index (χ0) is 14.8. The molecule has 6 nitrogen and oxygen atoms in total. The summed E-state index contributed by atoms with van der Waals surface area (Å²) in [7, 11) is -1.61. The highest BCUT2D eigenvalue weighted by molar-refractivity contribution is 7.90. The van der Waals surface area contributed by atoms with E-state index in [2.05, 4.69) is 4.98 Å². The summed E-state index contributed by atoms with van der Waals surface area (Å²) in [6, 6.07) is 3.12. The first-order valence-corrected chi connectivity index (χ1v) is 8.37. The first-order valence-electron chi connectivity index (χ1n) is 6.48. The number of hydrogen-bond donors (Lipinski definition) is 1. The fraction of sp³-hybridized carbons (Fsp3) is 0.615. The van der Waals surface area contributed by atoms with Crippen LogP contribution in [0.4, 0.5) is 5.82 Å². The van der Waals surface area contributed by atoms with E-state index in [4.69, 9.17) is 4.74 Å². The molecule has 1 aliphatic heterocycles. The second-order valence-corrected chi connectivity index (χ2v) is 7.27. The largest absolute Gasteiger partial charge is 0.388 e. The highest BCUT2D eigenvalue weighted by atomic mass is 32.2. The molecule has 0 unspecified atom stereocenters. The van der Waals surface area contributed by atoms with Gasteiger partial charge in [0.05, 0.1) is 5.60 Å². The fourth-order valence-corrected chi connectivity index (χ4v) is 3.25. The maximum absolute atomic E-state index is 11.8. The minimum Gasteiger partial charge on any atom is -0.388 e. The molecular weight excluding hydrogens is 280 g/mol. The molecule has 1 fully saturated rings. The number of anilines is 1. The molecular formula is C13H20N2O4S. The fourth-order valence-electron chi connectivity index (χ4n) is 2.38. The van der Waals surface area contributed by atoms with Gasteiger partial charge in [-0.05, 0) is 12.1 Å². The molecule has 0 bridgehead atoms.